The predicted octanol–water partition coefficient (Wildman–Crippen LogP) is 2.78. The molecule has 0 aliphatic rings. The Morgan fingerprint density at radius 1 is 1.64 bits per heavy atom. The number of nitriles is 1. The Balaban J connectivity index is 2.59. The zero-order valence-corrected chi connectivity index (χ0v) is 9.47. The molecule has 14 heavy (non-hydrogen) atoms. The summed E-state index contributed by atoms with van der Waals surface area (Å²) in [6.07, 6.45) is 2.57. The lowest BCUT2D eigenvalue weighted by Crippen LogP contribution is -2.12. The summed E-state index contributed by atoms with van der Waals surface area (Å²) < 4.78 is 1.79. The van der Waals surface area contributed by atoms with Crippen molar-refractivity contribution in [2.45, 2.75) is 33.7 Å². The van der Waals surface area contributed by atoms with Gasteiger partial charge in [-0.05, 0) is 27.2 Å². The molecule has 0 atom stereocenters. The summed E-state index contributed by atoms with van der Waals surface area (Å²) in [7, 11) is 0. The highest BCUT2D eigenvalue weighted by Gasteiger charge is 2.16. The Bertz CT molecular complexity index is 340. The van der Waals surface area contributed by atoms with Gasteiger partial charge in [0.1, 0.15) is 0 Å². The highest BCUT2D eigenvalue weighted by atomic mass is 35.5. The number of hydrogen-bond donors (Lipinski definition) is 0. The summed E-state index contributed by atoms with van der Waals surface area (Å²) in [5.41, 5.74) is 0.535. The van der Waals surface area contributed by atoms with E-state index in [0.29, 0.717) is 5.02 Å². The standard InChI is InChI=1S/C10H14ClN3/c1-8-9(11)6-14(13-8)5-4-10(2,3)7-12/h6H,4-5H2,1-3H3. The van der Waals surface area contributed by atoms with E-state index in [1.807, 2.05) is 20.8 Å². The summed E-state index contributed by atoms with van der Waals surface area (Å²) in [4.78, 5) is 0. The fourth-order valence-corrected chi connectivity index (χ4v) is 1.21. The Morgan fingerprint density at radius 3 is 2.71 bits per heavy atom. The van der Waals surface area contributed by atoms with Gasteiger partial charge in [0, 0.05) is 12.7 Å². The molecule has 1 heterocycles. The van der Waals surface area contributed by atoms with Crippen LogP contribution in [-0.4, -0.2) is 9.78 Å². The largest absolute Gasteiger partial charge is 0.271 e. The fourth-order valence-electron chi connectivity index (χ4n) is 1.06. The molecule has 0 aliphatic carbocycles. The molecule has 4 heteroatoms. The minimum absolute atomic E-state index is 0.299. The van der Waals surface area contributed by atoms with Crippen LogP contribution in [0.5, 0.6) is 0 Å². The second-order valence-corrected chi connectivity index (χ2v) is 4.48. The molecule has 1 aromatic heterocycles. The van der Waals surface area contributed by atoms with Crippen molar-refractivity contribution >= 4 is 11.6 Å². The highest BCUT2D eigenvalue weighted by molar-refractivity contribution is 6.31. The summed E-state index contributed by atoms with van der Waals surface area (Å²) in [5, 5.41) is 13.7. The molecule has 1 rings (SSSR count). The Hall–Kier alpha value is -1.01. The zero-order valence-electron chi connectivity index (χ0n) is 8.71. The average Bonchev–Trinajstić information content (AvgIpc) is 2.44. The number of nitrogens with zero attached hydrogens (tertiary/aromatic N) is 3. The monoisotopic (exact) mass is 211 g/mol. The smallest absolute Gasteiger partial charge is 0.0814 e. The lowest BCUT2D eigenvalue weighted by atomic mass is 9.92. The minimum atomic E-state index is -0.299. The van der Waals surface area contributed by atoms with Gasteiger partial charge in [0.25, 0.3) is 0 Å². The maximum atomic E-state index is 8.83. The van der Waals surface area contributed by atoms with E-state index in [-0.39, 0.29) is 5.41 Å². The van der Waals surface area contributed by atoms with Gasteiger partial charge in [-0.15, -0.1) is 0 Å². The fraction of sp³-hybridized carbons (Fsp3) is 0.600. The van der Waals surface area contributed by atoms with Crippen molar-refractivity contribution in [1.29, 1.82) is 5.26 Å². The minimum Gasteiger partial charge on any atom is -0.271 e. The number of aromatic nitrogens is 2. The van der Waals surface area contributed by atoms with E-state index < -0.39 is 0 Å². The topological polar surface area (TPSA) is 41.6 Å². The van der Waals surface area contributed by atoms with Gasteiger partial charge in [0.15, 0.2) is 0 Å². The third-order valence-electron chi connectivity index (χ3n) is 2.16. The average molecular weight is 212 g/mol. The molecule has 0 bridgehead atoms. The first kappa shape index (κ1) is 11.1. The van der Waals surface area contributed by atoms with Crippen molar-refractivity contribution in [1.82, 2.24) is 9.78 Å². The summed E-state index contributed by atoms with van der Waals surface area (Å²) >= 11 is 5.86. The van der Waals surface area contributed by atoms with Gasteiger partial charge in [-0.25, -0.2) is 0 Å². The predicted molar refractivity (Wildman–Crippen MR) is 56.0 cm³/mol. The van der Waals surface area contributed by atoms with Crippen molar-refractivity contribution in [3.8, 4) is 6.07 Å². The molecule has 3 nitrogen and oxygen atoms in total. The first-order chi connectivity index (χ1) is 6.44. The van der Waals surface area contributed by atoms with Crippen molar-refractivity contribution in [3.63, 3.8) is 0 Å². The van der Waals surface area contributed by atoms with E-state index in [0.717, 1.165) is 18.7 Å². The first-order valence-corrected chi connectivity index (χ1v) is 4.93. The third kappa shape index (κ3) is 2.74. The van der Waals surface area contributed by atoms with Crippen molar-refractivity contribution in [2.24, 2.45) is 5.41 Å². The highest BCUT2D eigenvalue weighted by Crippen LogP contribution is 2.20. The van der Waals surface area contributed by atoms with Crippen LogP contribution in [0.1, 0.15) is 26.0 Å². The third-order valence-corrected chi connectivity index (χ3v) is 2.53. The van der Waals surface area contributed by atoms with Crippen LogP contribution in [0.4, 0.5) is 0 Å². The molecule has 0 saturated heterocycles. The molecular weight excluding hydrogens is 198 g/mol. The van der Waals surface area contributed by atoms with E-state index in [1.54, 1.807) is 10.9 Å². The maximum Gasteiger partial charge on any atom is 0.0814 e. The molecule has 0 radical (unpaired) electrons. The molecule has 76 valence electrons. The molecular formula is C10H14ClN3. The zero-order chi connectivity index (χ0) is 10.8. The molecule has 0 fully saturated rings. The van der Waals surface area contributed by atoms with E-state index >= 15 is 0 Å². The Morgan fingerprint density at radius 2 is 2.29 bits per heavy atom. The van der Waals surface area contributed by atoms with E-state index in [1.165, 1.54) is 0 Å². The molecule has 0 aromatic carbocycles. The van der Waals surface area contributed by atoms with Crippen LogP contribution in [0.2, 0.25) is 5.02 Å². The summed E-state index contributed by atoms with van der Waals surface area (Å²) in [6.45, 7) is 6.44. The van der Waals surface area contributed by atoms with Crippen LogP contribution >= 0.6 is 11.6 Å². The van der Waals surface area contributed by atoms with Crippen molar-refractivity contribution < 1.29 is 0 Å². The van der Waals surface area contributed by atoms with Crippen LogP contribution < -0.4 is 0 Å². The van der Waals surface area contributed by atoms with Gasteiger partial charge in [-0.3, -0.25) is 4.68 Å². The van der Waals surface area contributed by atoms with Gasteiger partial charge in [0.05, 0.1) is 22.2 Å². The van der Waals surface area contributed by atoms with Gasteiger partial charge in [-0.2, -0.15) is 10.4 Å². The van der Waals surface area contributed by atoms with E-state index in [9.17, 15) is 0 Å². The molecule has 1 aromatic rings. The number of rotatable bonds is 3. The second kappa shape index (κ2) is 4.02. The van der Waals surface area contributed by atoms with Gasteiger partial charge in [0.2, 0.25) is 0 Å². The summed E-state index contributed by atoms with van der Waals surface area (Å²) in [5.74, 6) is 0. The van der Waals surface area contributed by atoms with Crippen LogP contribution in [0, 0.1) is 23.7 Å². The van der Waals surface area contributed by atoms with E-state index in [4.69, 9.17) is 16.9 Å². The quantitative estimate of drug-likeness (QED) is 0.772. The Labute approximate surface area is 89.3 Å². The second-order valence-electron chi connectivity index (χ2n) is 4.07. The van der Waals surface area contributed by atoms with Gasteiger partial charge < -0.3 is 0 Å². The maximum absolute atomic E-state index is 8.83. The van der Waals surface area contributed by atoms with Gasteiger partial charge in [-0.1, -0.05) is 11.6 Å². The van der Waals surface area contributed by atoms with Gasteiger partial charge >= 0.3 is 0 Å². The first-order valence-electron chi connectivity index (χ1n) is 4.55. The molecule has 0 unspecified atom stereocenters. The normalized spacial score (nSPS) is 11.4. The number of aryl methyl sites for hydroxylation is 2. The van der Waals surface area contributed by atoms with Crippen LogP contribution in [-0.2, 0) is 6.54 Å². The molecule has 0 N–H and O–H groups in total. The number of hydrogen-bond acceptors (Lipinski definition) is 2. The molecule has 0 spiro atoms. The molecule has 0 aliphatic heterocycles. The van der Waals surface area contributed by atoms with Crippen LogP contribution in [0.25, 0.3) is 0 Å². The SMILES string of the molecule is Cc1nn(CCC(C)(C)C#N)cc1Cl. The lowest BCUT2D eigenvalue weighted by molar-refractivity contribution is 0.398. The number of halogens is 1. The molecule has 0 saturated carbocycles. The van der Waals surface area contributed by atoms with Crippen LogP contribution in [0.15, 0.2) is 6.20 Å². The lowest BCUT2D eigenvalue weighted by Gasteiger charge is -2.14. The molecule has 0 amide bonds. The van der Waals surface area contributed by atoms with Crippen molar-refractivity contribution in [3.05, 3.63) is 16.9 Å². The van der Waals surface area contributed by atoms with Crippen molar-refractivity contribution in [2.75, 3.05) is 0 Å². The van der Waals surface area contributed by atoms with Crippen LogP contribution in [0.3, 0.4) is 0 Å². The van der Waals surface area contributed by atoms with E-state index in [2.05, 4.69) is 11.2 Å². The summed E-state index contributed by atoms with van der Waals surface area (Å²) in [6, 6.07) is 2.26. The Kier molecular flexibility index (Phi) is 3.17.